The topological polar surface area (TPSA) is 68.4 Å². The van der Waals surface area contributed by atoms with Crippen molar-refractivity contribution in [3.63, 3.8) is 0 Å². The van der Waals surface area contributed by atoms with E-state index in [0.717, 1.165) is 23.0 Å². The summed E-state index contributed by atoms with van der Waals surface area (Å²) in [6.45, 7) is 4.25. The Kier molecular flexibility index (Phi) is 6.97. The van der Waals surface area contributed by atoms with Crippen LogP contribution in [0.25, 0.3) is 10.9 Å². The molecule has 0 saturated carbocycles. The first kappa shape index (κ1) is 24.3. The molecular formula is C24H24ClF3N4O2. The zero-order valence-corrected chi connectivity index (χ0v) is 19.2. The van der Waals surface area contributed by atoms with Gasteiger partial charge in [-0.3, -0.25) is 19.4 Å². The quantitative estimate of drug-likeness (QED) is 0.491. The number of benzene rings is 2. The molecule has 2 aromatic carbocycles. The van der Waals surface area contributed by atoms with Gasteiger partial charge in [-0.2, -0.15) is 13.2 Å². The Hall–Kier alpha value is -2.88. The second kappa shape index (κ2) is 9.77. The minimum atomic E-state index is -4.60. The lowest BCUT2D eigenvalue weighted by molar-refractivity contribution is -0.137. The number of nitrogens with zero attached hydrogens (tertiary/aromatic N) is 2. The van der Waals surface area contributed by atoms with Gasteiger partial charge in [-0.25, -0.2) is 0 Å². The third kappa shape index (κ3) is 5.27. The van der Waals surface area contributed by atoms with Crippen LogP contribution < -0.4 is 5.32 Å². The number of carbonyl (C=O) groups is 2. The Balaban J connectivity index is 1.31. The van der Waals surface area contributed by atoms with Crippen LogP contribution >= 0.6 is 11.6 Å². The van der Waals surface area contributed by atoms with Gasteiger partial charge in [0.2, 0.25) is 5.91 Å². The van der Waals surface area contributed by atoms with Crippen molar-refractivity contribution in [2.45, 2.75) is 19.1 Å². The molecule has 0 spiro atoms. The van der Waals surface area contributed by atoms with Crippen molar-refractivity contribution in [2.75, 3.05) is 38.0 Å². The SMILES string of the molecule is CC(C(=O)c1c[nH]c2ccccc12)N1CCN(CC(=O)Nc2ccc(Cl)c(C(F)(F)F)c2)CC1. The largest absolute Gasteiger partial charge is 0.417 e. The molecule has 2 heterocycles. The summed E-state index contributed by atoms with van der Waals surface area (Å²) in [4.78, 5) is 32.6. The molecule has 180 valence electrons. The molecule has 10 heteroatoms. The molecule has 1 aliphatic heterocycles. The molecule has 1 amide bonds. The summed E-state index contributed by atoms with van der Waals surface area (Å²) in [6.07, 6.45) is -2.86. The van der Waals surface area contributed by atoms with Crippen LogP contribution in [0.2, 0.25) is 5.02 Å². The van der Waals surface area contributed by atoms with Crippen LogP contribution in [0.5, 0.6) is 0 Å². The van der Waals surface area contributed by atoms with E-state index in [1.807, 2.05) is 36.1 Å². The first-order chi connectivity index (χ1) is 16.1. The molecule has 1 aromatic heterocycles. The minimum absolute atomic E-state index is 0.0341. The van der Waals surface area contributed by atoms with Crippen molar-refractivity contribution < 1.29 is 22.8 Å². The number of ketones is 1. The van der Waals surface area contributed by atoms with Crippen LogP contribution in [-0.4, -0.2) is 65.2 Å². The number of Topliss-reactive ketones (excluding diaryl/α,β-unsaturated/α-hetero) is 1. The lowest BCUT2D eigenvalue weighted by atomic mass is 10.0. The highest BCUT2D eigenvalue weighted by Gasteiger charge is 2.33. The van der Waals surface area contributed by atoms with Gasteiger partial charge in [-0.05, 0) is 31.2 Å². The molecule has 2 N–H and O–H groups in total. The Morgan fingerprint density at radius 1 is 1.12 bits per heavy atom. The maximum Gasteiger partial charge on any atom is 0.417 e. The van der Waals surface area contributed by atoms with Gasteiger partial charge in [0.1, 0.15) is 0 Å². The summed E-state index contributed by atoms with van der Waals surface area (Å²) in [5.41, 5.74) is 0.621. The van der Waals surface area contributed by atoms with E-state index in [4.69, 9.17) is 11.6 Å². The predicted molar refractivity (Wildman–Crippen MR) is 125 cm³/mol. The van der Waals surface area contributed by atoms with Crippen LogP contribution in [0.15, 0.2) is 48.7 Å². The summed E-state index contributed by atoms with van der Waals surface area (Å²) in [6, 6.07) is 10.6. The van der Waals surface area contributed by atoms with E-state index in [-0.39, 0.29) is 24.1 Å². The number of halogens is 4. The highest BCUT2D eigenvalue weighted by molar-refractivity contribution is 6.31. The van der Waals surface area contributed by atoms with Crippen molar-refractivity contribution in [3.05, 3.63) is 64.8 Å². The number of nitrogens with one attached hydrogen (secondary N) is 2. The van der Waals surface area contributed by atoms with Crippen molar-refractivity contribution in [2.24, 2.45) is 0 Å². The molecule has 1 fully saturated rings. The number of alkyl halides is 3. The van der Waals surface area contributed by atoms with E-state index in [1.165, 1.54) is 6.07 Å². The summed E-state index contributed by atoms with van der Waals surface area (Å²) >= 11 is 5.62. The number of carbonyl (C=O) groups excluding carboxylic acids is 2. The molecule has 1 saturated heterocycles. The van der Waals surface area contributed by atoms with Gasteiger partial charge >= 0.3 is 6.18 Å². The average Bonchev–Trinajstić information content (AvgIpc) is 3.23. The minimum Gasteiger partial charge on any atom is -0.360 e. The molecule has 4 rings (SSSR count). The molecule has 3 aromatic rings. The molecule has 0 radical (unpaired) electrons. The van der Waals surface area contributed by atoms with E-state index in [2.05, 4.69) is 15.2 Å². The third-order valence-electron chi connectivity index (χ3n) is 6.11. The highest BCUT2D eigenvalue weighted by atomic mass is 35.5. The van der Waals surface area contributed by atoms with Gasteiger partial charge in [-0.1, -0.05) is 29.8 Å². The molecule has 1 unspecified atom stereocenters. The number of piperazine rings is 1. The molecule has 34 heavy (non-hydrogen) atoms. The Morgan fingerprint density at radius 2 is 1.82 bits per heavy atom. The second-order valence-electron chi connectivity index (χ2n) is 8.34. The first-order valence-electron chi connectivity index (χ1n) is 10.9. The van der Waals surface area contributed by atoms with Crippen LogP contribution in [0.3, 0.4) is 0 Å². The third-order valence-corrected chi connectivity index (χ3v) is 6.44. The zero-order valence-electron chi connectivity index (χ0n) is 18.5. The molecule has 6 nitrogen and oxygen atoms in total. The van der Waals surface area contributed by atoms with Gasteiger partial charge in [0.15, 0.2) is 5.78 Å². The van der Waals surface area contributed by atoms with Gasteiger partial charge in [0, 0.05) is 54.5 Å². The Morgan fingerprint density at radius 3 is 2.53 bits per heavy atom. The van der Waals surface area contributed by atoms with Crippen LogP contribution in [0, 0.1) is 0 Å². The van der Waals surface area contributed by atoms with Crippen LogP contribution in [-0.2, 0) is 11.0 Å². The summed E-state index contributed by atoms with van der Waals surface area (Å²) in [7, 11) is 0. The van der Waals surface area contributed by atoms with Crippen LogP contribution in [0.4, 0.5) is 18.9 Å². The number of fused-ring (bicyclic) bond motifs is 1. The van der Waals surface area contributed by atoms with Crippen LogP contribution in [0.1, 0.15) is 22.8 Å². The average molecular weight is 493 g/mol. The van der Waals surface area contributed by atoms with E-state index >= 15 is 0 Å². The maximum atomic E-state index is 13.1. The normalized spacial score (nSPS) is 16.5. The number of aromatic nitrogens is 1. The smallest absolute Gasteiger partial charge is 0.360 e. The summed E-state index contributed by atoms with van der Waals surface area (Å²) < 4.78 is 39.1. The maximum absolute atomic E-state index is 13.1. The number of para-hydroxylation sites is 1. The van der Waals surface area contributed by atoms with Gasteiger partial charge in [0.25, 0.3) is 0 Å². The van der Waals surface area contributed by atoms with Gasteiger partial charge in [0.05, 0.1) is 23.2 Å². The number of H-pyrrole nitrogens is 1. The van der Waals surface area contributed by atoms with Gasteiger partial charge < -0.3 is 10.3 Å². The zero-order chi connectivity index (χ0) is 24.5. The Bertz CT molecular complexity index is 1200. The fraction of sp³-hybridized carbons (Fsp3) is 0.333. The second-order valence-corrected chi connectivity index (χ2v) is 8.75. The van der Waals surface area contributed by atoms with Gasteiger partial charge in [-0.15, -0.1) is 0 Å². The van der Waals surface area contributed by atoms with Crippen molar-refractivity contribution in [1.29, 1.82) is 0 Å². The molecule has 0 aliphatic carbocycles. The van der Waals surface area contributed by atoms with E-state index in [0.29, 0.717) is 31.7 Å². The van der Waals surface area contributed by atoms with E-state index in [9.17, 15) is 22.8 Å². The predicted octanol–water partition coefficient (Wildman–Crippen LogP) is 4.67. The monoisotopic (exact) mass is 492 g/mol. The molecule has 1 atom stereocenters. The molecule has 1 aliphatic rings. The van der Waals surface area contributed by atoms with Crippen molar-refractivity contribution in [3.8, 4) is 0 Å². The summed E-state index contributed by atoms with van der Waals surface area (Å²) in [5.74, 6) is -0.376. The summed E-state index contributed by atoms with van der Waals surface area (Å²) in [5, 5.41) is 2.98. The van der Waals surface area contributed by atoms with E-state index < -0.39 is 22.7 Å². The number of aromatic amines is 1. The highest BCUT2D eigenvalue weighted by Crippen LogP contribution is 2.36. The number of rotatable bonds is 6. The Labute approximate surface area is 199 Å². The molecule has 0 bridgehead atoms. The molecular weight excluding hydrogens is 469 g/mol. The number of anilines is 1. The number of hydrogen-bond acceptors (Lipinski definition) is 4. The van der Waals surface area contributed by atoms with Crippen molar-refractivity contribution in [1.82, 2.24) is 14.8 Å². The lowest BCUT2D eigenvalue weighted by Crippen LogP contribution is -2.52. The fourth-order valence-corrected chi connectivity index (χ4v) is 4.42. The fourth-order valence-electron chi connectivity index (χ4n) is 4.20. The lowest BCUT2D eigenvalue weighted by Gasteiger charge is -2.37. The van der Waals surface area contributed by atoms with E-state index in [1.54, 1.807) is 6.20 Å². The number of amides is 1. The number of hydrogen-bond donors (Lipinski definition) is 2. The standard InChI is InChI=1S/C24H24ClF3N4O2/c1-15(23(34)18-13-29-21-5-3-2-4-17(18)21)32-10-8-31(9-11-32)14-22(33)30-16-6-7-20(25)19(12-16)24(26,27)28/h2-7,12-13,15,29H,8-11,14H2,1H3,(H,30,33). The van der Waals surface area contributed by atoms with Crippen molar-refractivity contribution >= 4 is 39.9 Å². The first-order valence-corrected chi connectivity index (χ1v) is 11.2.